The van der Waals surface area contributed by atoms with Crippen LogP contribution >= 0.6 is 21.0 Å². The lowest BCUT2D eigenvalue weighted by Gasteiger charge is -2.16. The zero-order chi connectivity index (χ0) is 14.7. The van der Waals surface area contributed by atoms with E-state index in [9.17, 15) is 0 Å². The molecule has 0 radical (unpaired) electrons. The summed E-state index contributed by atoms with van der Waals surface area (Å²) >= 11 is 1.80. The van der Waals surface area contributed by atoms with Crippen LogP contribution in [0.3, 0.4) is 0 Å². The summed E-state index contributed by atoms with van der Waals surface area (Å²) < 4.78 is 0. The average Bonchev–Trinajstić information content (AvgIpc) is 2.56. The predicted molar refractivity (Wildman–Crippen MR) is 98.4 cm³/mol. The molecule has 0 saturated carbocycles. The van der Waals surface area contributed by atoms with Gasteiger partial charge in [0.2, 0.25) is 0 Å². The van der Waals surface area contributed by atoms with Gasteiger partial charge in [0, 0.05) is 10.5 Å². The van der Waals surface area contributed by atoms with Gasteiger partial charge in [0.1, 0.15) is 0 Å². The van der Waals surface area contributed by atoms with Crippen LogP contribution in [0.5, 0.6) is 0 Å². The summed E-state index contributed by atoms with van der Waals surface area (Å²) in [5.41, 5.74) is 5.14. The van der Waals surface area contributed by atoms with Gasteiger partial charge in [-0.3, -0.25) is 0 Å². The Kier molecular flexibility index (Phi) is 4.43. The summed E-state index contributed by atoms with van der Waals surface area (Å²) in [6.07, 6.45) is 2.14. The molecule has 0 saturated heterocycles. The molecule has 1 atom stereocenters. The highest BCUT2D eigenvalue weighted by Crippen LogP contribution is 2.38. The van der Waals surface area contributed by atoms with Crippen LogP contribution in [-0.4, -0.2) is 6.26 Å². The van der Waals surface area contributed by atoms with E-state index in [-0.39, 0.29) is 0 Å². The Labute approximate surface area is 132 Å². The minimum Gasteiger partial charge on any atom is -0.128 e. The zero-order valence-electron chi connectivity index (χ0n) is 11.9. The van der Waals surface area contributed by atoms with E-state index in [2.05, 4.69) is 88.3 Å². The van der Waals surface area contributed by atoms with E-state index in [0.29, 0.717) is 0 Å². The van der Waals surface area contributed by atoms with E-state index < -0.39 is 0 Å². The summed E-state index contributed by atoms with van der Waals surface area (Å²) in [6.45, 7) is 0. The first-order valence-corrected chi connectivity index (χ1v) is 8.69. The Morgan fingerprint density at radius 1 is 0.714 bits per heavy atom. The molecule has 0 aliphatic rings. The van der Waals surface area contributed by atoms with Crippen molar-refractivity contribution in [3.8, 4) is 22.3 Å². The van der Waals surface area contributed by atoms with Crippen LogP contribution in [0, 0.1) is 0 Å². The monoisotopic (exact) mass is 308 g/mol. The van der Waals surface area contributed by atoms with Gasteiger partial charge in [-0.2, -0.15) is 0 Å². The third-order valence-corrected chi connectivity index (χ3v) is 5.08. The first-order chi connectivity index (χ1) is 10.3. The van der Waals surface area contributed by atoms with Crippen LogP contribution in [0.2, 0.25) is 0 Å². The molecule has 2 heteroatoms. The molecule has 0 aromatic heterocycles. The molecule has 0 nitrogen and oxygen atoms in total. The molecule has 0 fully saturated rings. The fourth-order valence-corrected chi connectivity index (χ4v) is 3.90. The fraction of sp³-hybridized carbons (Fsp3) is 0.0526. The molecule has 3 aromatic carbocycles. The second-order valence-electron chi connectivity index (χ2n) is 4.84. The lowest BCUT2D eigenvalue weighted by molar-refractivity contribution is 1.48. The SMILES string of the molecule is CSc1c(P)ccc(-c2ccccc2)c1-c1ccccc1. The van der Waals surface area contributed by atoms with Gasteiger partial charge < -0.3 is 0 Å². The molecule has 104 valence electrons. The highest BCUT2D eigenvalue weighted by atomic mass is 32.2. The Bertz CT molecular complexity index is 736. The third-order valence-electron chi connectivity index (χ3n) is 3.54. The maximum atomic E-state index is 2.86. The van der Waals surface area contributed by atoms with E-state index in [4.69, 9.17) is 0 Å². The smallest absolute Gasteiger partial charge is 0.0225 e. The Morgan fingerprint density at radius 3 is 1.86 bits per heavy atom. The summed E-state index contributed by atoms with van der Waals surface area (Å²) in [5, 5.41) is 1.25. The predicted octanol–water partition coefficient (Wildman–Crippen LogP) is 5.24. The van der Waals surface area contributed by atoms with Crippen LogP contribution in [0.1, 0.15) is 0 Å². The standard InChI is InChI=1S/C19H17PS/c1-21-19-17(20)13-12-16(14-8-4-2-5-9-14)18(19)15-10-6-3-7-11-15/h2-13H,20H2,1H3. The van der Waals surface area contributed by atoms with Crippen molar-refractivity contribution in [2.24, 2.45) is 0 Å². The van der Waals surface area contributed by atoms with E-state index in [1.54, 1.807) is 11.8 Å². The molecule has 1 unspecified atom stereocenters. The van der Waals surface area contributed by atoms with Crippen LogP contribution in [0.15, 0.2) is 77.7 Å². The van der Waals surface area contributed by atoms with Gasteiger partial charge in [0.05, 0.1) is 0 Å². The Morgan fingerprint density at radius 2 is 1.29 bits per heavy atom. The van der Waals surface area contributed by atoms with Crippen LogP contribution in [-0.2, 0) is 0 Å². The summed E-state index contributed by atoms with van der Waals surface area (Å²) in [4.78, 5) is 1.33. The lowest BCUT2D eigenvalue weighted by Crippen LogP contribution is -2.00. The Balaban J connectivity index is 2.31. The molecule has 3 rings (SSSR count). The van der Waals surface area contributed by atoms with Gasteiger partial charge >= 0.3 is 0 Å². The normalized spacial score (nSPS) is 10.6. The van der Waals surface area contributed by atoms with Gasteiger partial charge in [0.25, 0.3) is 0 Å². The van der Waals surface area contributed by atoms with Crippen molar-refractivity contribution in [2.75, 3.05) is 6.26 Å². The van der Waals surface area contributed by atoms with E-state index >= 15 is 0 Å². The molecule has 0 aliphatic heterocycles. The highest BCUT2D eigenvalue weighted by Gasteiger charge is 2.13. The largest absolute Gasteiger partial charge is 0.128 e. The first-order valence-electron chi connectivity index (χ1n) is 6.88. The first kappa shape index (κ1) is 14.4. The molecule has 21 heavy (non-hydrogen) atoms. The van der Waals surface area contributed by atoms with Crippen LogP contribution < -0.4 is 5.30 Å². The van der Waals surface area contributed by atoms with Gasteiger partial charge in [0.15, 0.2) is 0 Å². The van der Waals surface area contributed by atoms with Crippen molar-refractivity contribution in [3.05, 3.63) is 72.8 Å². The van der Waals surface area contributed by atoms with Crippen molar-refractivity contribution < 1.29 is 0 Å². The van der Waals surface area contributed by atoms with E-state index in [0.717, 1.165) is 0 Å². The maximum Gasteiger partial charge on any atom is 0.0225 e. The van der Waals surface area contributed by atoms with Crippen LogP contribution in [0.4, 0.5) is 0 Å². The zero-order valence-corrected chi connectivity index (χ0v) is 13.9. The van der Waals surface area contributed by atoms with Crippen molar-refractivity contribution in [1.29, 1.82) is 0 Å². The molecule has 0 bridgehead atoms. The van der Waals surface area contributed by atoms with Gasteiger partial charge in [-0.15, -0.1) is 21.0 Å². The number of thioether (sulfide) groups is 1. The molecular weight excluding hydrogens is 291 g/mol. The summed E-state index contributed by atoms with van der Waals surface area (Å²) in [6, 6.07) is 25.6. The van der Waals surface area contributed by atoms with Crippen molar-refractivity contribution in [1.82, 2.24) is 0 Å². The molecular formula is C19H17PS. The highest BCUT2D eigenvalue weighted by molar-refractivity contribution is 7.99. The van der Waals surface area contributed by atoms with Gasteiger partial charge in [-0.25, -0.2) is 0 Å². The summed E-state index contributed by atoms with van der Waals surface area (Å²) in [5.74, 6) is 0. The Hall–Kier alpha value is -1.56. The van der Waals surface area contributed by atoms with Gasteiger partial charge in [-0.05, 0) is 28.3 Å². The average molecular weight is 308 g/mol. The van der Waals surface area contributed by atoms with Crippen molar-refractivity contribution >= 4 is 26.3 Å². The number of rotatable bonds is 3. The number of hydrogen-bond acceptors (Lipinski definition) is 1. The minimum atomic E-state index is 1.25. The second kappa shape index (κ2) is 6.47. The molecule has 3 aromatic rings. The topological polar surface area (TPSA) is 0 Å². The molecule has 0 N–H and O–H groups in total. The van der Waals surface area contributed by atoms with E-state index in [1.807, 2.05) is 0 Å². The van der Waals surface area contributed by atoms with Crippen molar-refractivity contribution in [3.63, 3.8) is 0 Å². The quantitative estimate of drug-likeness (QED) is 0.471. The maximum absolute atomic E-state index is 2.86. The fourth-order valence-electron chi connectivity index (χ4n) is 2.57. The van der Waals surface area contributed by atoms with E-state index in [1.165, 1.54) is 32.5 Å². The molecule has 0 heterocycles. The van der Waals surface area contributed by atoms with Crippen molar-refractivity contribution in [2.45, 2.75) is 4.90 Å². The molecule has 0 amide bonds. The lowest BCUT2D eigenvalue weighted by atomic mass is 9.94. The number of benzene rings is 3. The minimum absolute atomic E-state index is 1.25. The van der Waals surface area contributed by atoms with Crippen LogP contribution in [0.25, 0.3) is 22.3 Å². The third kappa shape index (κ3) is 2.90. The second-order valence-corrected chi connectivity index (χ2v) is 6.28. The number of hydrogen-bond donors (Lipinski definition) is 0. The molecule has 0 aliphatic carbocycles. The van der Waals surface area contributed by atoms with Gasteiger partial charge in [-0.1, -0.05) is 72.8 Å². The summed E-state index contributed by atoms with van der Waals surface area (Å²) in [7, 11) is 2.86. The molecule has 0 spiro atoms.